The molecule has 6 rings (SSSR count). The minimum absolute atomic E-state index is 0.113. The number of carbonyl (C=O) groups is 1. The Kier molecular flexibility index (Phi) is 3.89. The predicted molar refractivity (Wildman–Crippen MR) is 95.8 cm³/mol. The molecule has 5 heteroatoms. The summed E-state index contributed by atoms with van der Waals surface area (Å²) < 4.78 is 10.7. The quantitative estimate of drug-likeness (QED) is 0.849. The van der Waals surface area contributed by atoms with Gasteiger partial charge in [-0.15, -0.1) is 0 Å². The molecule has 4 bridgehead atoms. The van der Waals surface area contributed by atoms with Crippen LogP contribution in [0, 0.1) is 23.2 Å². The van der Waals surface area contributed by atoms with Crippen molar-refractivity contribution in [1.29, 1.82) is 0 Å². The van der Waals surface area contributed by atoms with Gasteiger partial charge in [0, 0.05) is 12.0 Å². The van der Waals surface area contributed by atoms with Crippen LogP contribution < -0.4 is 14.8 Å². The van der Waals surface area contributed by atoms with E-state index < -0.39 is 6.10 Å². The van der Waals surface area contributed by atoms with Crippen LogP contribution in [0.5, 0.6) is 11.5 Å². The maximum absolute atomic E-state index is 12.9. The maximum atomic E-state index is 12.9. The topological polar surface area (TPSA) is 67.8 Å². The van der Waals surface area contributed by atoms with E-state index in [-0.39, 0.29) is 18.1 Å². The zero-order valence-electron chi connectivity index (χ0n) is 15.1. The zero-order chi connectivity index (χ0) is 17.7. The van der Waals surface area contributed by atoms with Crippen LogP contribution in [0.25, 0.3) is 0 Å². The molecule has 0 saturated heterocycles. The van der Waals surface area contributed by atoms with Crippen LogP contribution in [0.1, 0.15) is 56.6 Å². The number of hydrogen-bond acceptors (Lipinski definition) is 4. The van der Waals surface area contributed by atoms with Crippen molar-refractivity contribution in [1.82, 2.24) is 5.32 Å². The summed E-state index contributed by atoms with van der Waals surface area (Å²) in [5, 5.41) is 13.6. The van der Waals surface area contributed by atoms with E-state index in [1.54, 1.807) is 0 Å². The average molecular weight is 357 g/mol. The van der Waals surface area contributed by atoms with Gasteiger partial charge in [0.2, 0.25) is 12.7 Å². The predicted octanol–water partition coefficient (Wildman–Crippen LogP) is 3.17. The summed E-state index contributed by atoms with van der Waals surface area (Å²) in [6.45, 7) is 0.742. The number of hydrogen-bond donors (Lipinski definition) is 2. The number of aliphatic hydroxyl groups is 1. The highest BCUT2D eigenvalue weighted by molar-refractivity contribution is 5.83. The van der Waals surface area contributed by atoms with Gasteiger partial charge < -0.3 is 19.9 Å². The number of benzene rings is 1. The SMILES string of the molecule is O=C(NCCC(O)c1ccc2c(c1)OCO2)C12CC3CC(CC(C3)C1)C2. The van der Waals surface area contributed by atoms with Crippen molar-refractivity contribution in [2.75, 3.05) is 13.3 Å². The van der Waals surface area contributed by atoms with Gasteiger partial charge in [-0.3, -0.25) is 4.79 Å². The van der Waals surface area contributed by atoms with Crippen molar-refractivity contribution in [3.05, 3.63) is 23.8 Å². The third kappa shape index (κ3) is 2.77. The Morgan fingerprint density at radius 1 is 1.12 bits per heavy atom. The van der Waals surface area contributed by atoms with Crippen molar-refractivity contribution in [3.8, 4) is 11.5 Å². The fraction of sp³-hybridized carbons (Fsp3) is 0.667. The number of nitrogens with one attached hydrogen (secondary N) is 1. The van der Waals surface area contributed by atoms with Gasteiger partial charge in [0.05, 0.1) is 6.10 Å². The van der Waals surface area contributed by atoms with Crippen LogP contribution in [0.15, 0.2) is 18.2 Å². The summed E-state index contributed by atoms with van der Waals surface area (Å²) >= 11 is 0. The van der Waals surface area contributed by atoms with Gasteiger partial charge in [0.15, 0.2) is 11.5 Å². The Labute approximate surface area is 154 Å². The van der Waals surface area contributed by atoms with Crippen molar-refractivity contribution in [2.45, 2.75) is 51.0 Å². The highest BCUT2D eigenvalue weighted by atomic mass is 16.7. The Hall–Kier alpha value is -1.75. The standard InChI is InChI=1S/C21H27NO4/c23-17(16-1-2-18-19(8-16)26-12-25-18)3-4-22-20(24)21-9-13-5-14(10-21)7-15(6-13)11-21/h1-2,8,13-15,17,23H,3-7,9-12H2,(H,22,24). The molecule has 1 aromatic carbocycles. The number of amides is 1. The smallest absolute Gasteiger partial charge is 0.231 e. The molecule has 0 aromatic heterocycles. The van der Waals surface area contributed by atoms with Crippen molar-refractivity contribution < 1.29 is 19.4 Å². The molecule has 4 fully saturated rings. The molecule has 1 amide bonds. The molecule has 1 aliphatic heterocycles. The lowest BCUT2D eigenvalue weighted by Gasteiger charge is -2.55. The van der Waals surface area contributed by atoms with E-state index in [0.29, 0.717) is 18.7 Å². The van der Waals surface area contributed by atoms with E-state index in [9.17, 15) is 9.90 Å². The molecule has 5 aliphatic rings. The van der Waals surface area contributed by atoms with Gasteiger partial charge >= 0.3 is 0 Å². The van der Waals surface area contributed by atoms with Crippen LogP contribution in [-0.2, 0) is 4.79 Å². The number of rotatable bonds is 5. The second kappa shape index (κ2) is 6.15. The van der Waals surface area contributed by atoms with E-state index in [1.807, 2.05) is 18.2 Å². The van der Waals surface area contributed by atoms with Crippen LogP contribution in [0.4, 0.5) is 0 Å². The lowest BCUT2D eigenvalue weighted by atomic mass is 9.49. The molecule has 26 heavy (non-hydrogen) atoms. The average Bonchev–Trinajstić information content (AvgIpc) is 3.08. The summed E-state index contributed by atoms with van der Waals surface area (Å²) in [5.74, 6) is 3.94. The highest BCUT2D eigenvalue weighted by Gasteiger charge is 2.54. The first kappa shape index (κ1) is 16.4. The molecule has 5 nitrogen and oxygen atoms in total. The molecule has 0 radical (unpaired) electrons. The van der Waals surface area contributed by atoms with Crippen LogP contribution >= 0.6 is 0 Å². The van der Waals surface area contributed by atoms with Gasteiger partial charge in [-0.1, -0.05) is 6.07 Å². The number of carbonyl (C=O) groups excluding carboxylic acids is 1. The van der Waals surface area contributed by atoms with Crippen LogP contribution in [0.2, 0.25) is 0 Å². The van der Waals surface area contributed by atoms with Crippen molar-refractivity contribution in [2.24, 2.45) is 23.2 Å². The minimum Gasteiger partial charge on any atom is -0.454 e. The van der Waals surface area contributed by atoms with Gasteiger partial charge in [0.1, 0.15) is 0 Å². The Morgan fingerprint density at radius 3 is 2.46 bits per heavy atom. The second-order valence-electron chi connectivity index (χ2n) is 8.87. The minimum atomic E-state index is -0.610. The number of ether oxygens (including phenoxy) is 2. The van der Waals surface area contributed by atoms with E-state index in [4.69, 9.17) is 9.47 Å². The Balaban J connectivity index is 1.17. The molecule has 1 atom stereocenters. The van der Waals surface area contributed by atoms with Crippen molar-refractivity contribution >= 4 is 5.91 Å². The van der Waals surface area contributed by atoms with E-state index in [2.05, 4.69) is 5.32 Å². The normalized spacial score (nSPS) is 34.7. The first-order valence-corrected chi connectivity index (χ1v) is 9.97. The summed E-state index contributed by atoms with van der Waals surface area (Å²) in [6, 6.07) is 5.52. The molecular weight excluding hydrogens is 330 g/mol. The molecule has 1 heterocycles. The molecule has 0 spiro atoms. The summed E-state index contributed by atoms with van der Waals surface area (Å²) in [6.07, 6.45) is 7.17. The molecule has 1 aromatic rings. The summed E-state index contributed by atoms with van der Waals surface area (Å²) in [4.78, 5) is 12.9. The highest BCUT2D eigenvalue weighted by Crippen LogP contribution is 2.60. The molecule has 4 saturated carbocycles. The summed E-state index contributed by atoms with van der Waals surface area (Å²) in [5.41, 5.74) is 0.691. The van der Waals surface area contributed by atoms with Crippen LogP contribution in [0.3, 0.4) is 0 Å². The molecule has 4 aliphatic carbocycles. The first-order chi connectivity index (χ1) is 12.6. The van der Waals surface area contributed by atoms with E-state index in [0.717, 1.165) is 48.3 Å². The molecule has 1 unspecified atom stereocenters. The first-order valence-electron chi connectivity index (χ1n) is 9.97. The maximum Gasteiger partial charge on any atom is 0.231 e. The lowest BCUT2D eigenvalue weighted by Crippen LogP contribution is -2.53. The molecule has 2 N–H and O–H groups in total. The van der Waals surface area contributed by atoms with Gasteiger partial charge in [0.25, 0.3) is 0 Å². The Morgan fingerprint density at radius 2 is 1.77 bits per heavy atom. The van der Waals surface area contributed by atoms with Gasteiger partial charge in [-0.05, 0) is 80.4 Å². The van der Waals surface area contributed by atoms with Crippen molar-refractivity contribution in [3.63, 3.8) is 0 Å². The summed E-state index contributed by atoms with van der Waals surface area (Å²) in [7, 11) is 0. The Bertz CT molecular complexity index is 681. The fourth-order valence-corrected chi connectivity index (χ4v) is 6.19. The lowest BCUT2D eigenvalue weighted by molar-refractivity contribution is -0.146. The number of fused-ring (bicyclic) bond motifs is 1. The molecular formula is C21H27NO4. The zero-order valence-corrected chi connectivity index (χ0v) is 15.1. The molecule has 140 valence electrons. The largest absolute Gasteiger partial charge is 0.454 e. The fourth-order valence-electron chi connectivity index (χ4n) is 6.19. The second-order valence-corrected chi connectivity index (χ2v) is 8.87. The van der Waals surface area contributed by atoms with E-state index in [1.165, 1.54) is 19.3 Å². The van der Waals surface area contributed by atoms with Gasteiger partial charge in [-0.25, -0.2) is 0 Å². The monoisotopic (exact) mass is 357 g/mol. The third-order valence-corrected chi connectivity index (χ3v) is 7.00. The van der Waals surface area contributed by atoms with E-state index >= 15 is 0 Å². The third-order valence-electron chi connectivity index (χ3n) is 7.00. The number of aliphatic hydroxyl groups excluding tert-OH is 1. The van der Waals surface area contributed by atoms with Gasteiger partial charge in [-0.2, -0.15) is 0 Å². The van der Waals surface area contributed by atoms with Crippen LogP contribution in [-0.4, -0.2) is 24.4 Å².